The molecule has 1 aliphatic heterocycles. The van der Waals surface area contributed by atoms with E-state index in [-0.39, 0.29) is 0 Å². The minimum atomic E-state index is -0.475. The summed E-state index contributed by atoms with van der Waals surface area (Å²) < 4.78 is 0.848. The van der Waals surface area contributed by atoms with Crippen LogP contribution in [0.5, 0.6) is 0 Å². The van der Waals surface area contributed by atoms with Gasteiger partial charge in [-0.15, -0.1) is 0 Å². The lowest BCUT2D eigenvalue weighted by molar-refractivity contribution is 0.297. The summed E-state index contributed by atoms with van der Waals surface area (Å²) in [6.07, 6.45) is 2.76. The van der Waals surface area contributed by atoms with Crippen molar-refractivity contribution >= 4 is 33.2 Å². The van der Waals surface area contributed by atoms with Gasteiger partial charge in [-0.05, 0) is 66.5 Å². The zero-order valence-corrected chi connectivity index (χ0v) is 14.0. The fourth-order valence-electron chi connectivity index (χ4n) is 2.62. The highest BCUT2D eigenvalue weighted by Gasteiger charge is 2.32. The third-order valence-electron chi connectivity index (χ3n) is 3.90. The van der Waals surface area contributed by atoms with Crippen molar-refractivity contribution < 1.29 is 0 Å². The fourth-order valence-corrected chi connectivity index (χ4v) is 3.12. The lowest BCUT2D eigenvalue weighted by Crippen LogP contribution is -2.38. The molecule has 0 aliphatic carbocycles. The van der Waals surface area contributed by atoms with Gasteiger partial charge in [-0.3, -0.25) is 0 Å². The monoisotopic (exact) mass is 355 g/mol. The van der Waals surface area contributed by atoms with Crippen molar-refractivity contribution in [3.63, 3.8) is 0 Å². The van der Waals surface area contributed by atoms with Gasteiger partial charge in [-0.2, -0.15) is 5.26 Å². The second-order valence-corrected chi connectivity index (χ2v) is 6.50. The number of nitrogens with one attached hydrogen (secondary N) is 1. The van der Waals surface area contributed by atoms with Crippen LogP contribution in [0.4, 0.5) is 5.69 Å². The third kappa shape index (κ3) is 3.66. The van der Waals surface area contributed by atoms with Crippen LogP contribution in [0.1, 0.15) is 26.2 Å². The van der Waals surface area contributed by atoms with Gasteiger partial charge in [-0.1, -0.05) is 18.5 Å². The molecule has 5 heteroatoms. The molecule has 1 heterocycles. The number of nitriles is 1. The first-order valence-corrected chi connectivity index (χ1v) is 8.12. The summed E-state index contributed by atoms with van der Waals surface area (Å²) >= 11 is 9.43. The number of nitrogens with zero attached hydrogens (tertiary/aromatic N) is 2. The summed E-state index contributed by atoms with van der Waals surface area (Å²) in [7, 11) is 0. The van der Waals surface area contributed by atoms with Crippen LogP contribution in [0.2, 0.25) is 5.02 Å². The maximum Gasteiger partial charge on any atom is 0.126 e. The minimum Gasteiger partial charge on any atom is -0.367 e. The van der Waals surface area contributed by atoms with Crippen molar-refractivity contribution in [2.75, 3.05) is 25.0 Å². The van der Waals surface area contributed by atoms with Crippen molar-refractivity contribution in [3.8, 4) is 6.07 Å². The van der Waals surface area contributed by atoms with Gasteiger partial charge in [0.2, 0.25) is 0 Å². The molecule has 1 aromatic rings. The molecule has 1 aromatic carbocycles. The Balaban J connectivity index is 2.15. The summed E-state index contributed by atoms with van der Waals surface area (Å²) in [6.45, 7) is 5.26. The van der Waals surface area contributed by atoms with E-state index in [1.165, 1.54) is 0 Å². The molecule has 0 spiro atoms. The van der Waals surface area contributed by atoms with Gasteiger partial charge in [0.25, 0.3) is 0 Å². The Morgan fingerprint density at radius 2 is 2.25 bits per heavy atom. The molecule has 1 aliphatic rings. The van der Waals surface area contributed by atoms with E-state index in [1.807, 2.05) is 18.2 Å². The van der Waals surface area contributed by atoms with Crippen molar-refractivity contribution in [1.82, 2.24) is 4.90 Å². The Bertz CT molecular complexity index is 514. The van der Waals surface area contributed by atoms with Crippen LogP contribution in [0.25, 0.3) is 0 Å². The van der Waals surface area contributed by atoms with Gasteiger partial charge < -0.3 is 10.2 Å². The maximum atomic E-state index is 9.64. The quantitative estimate of drug-likeness (QED) is 0.878. The van der Waals surface area contributed by atoms with E-state index in [2.05, 4.69) is 39.1 Å². The van der Waals surface area contributed by atoms with Gasteiger partial charge >= 0.3 is 0 Å². The molecule has 1 saturated heterocycles. The number of benzene rings is 1. The third-order valence-corrected chi connectivity index (χ3v) is 5.11. The first-order chi connectivity index (χ1) is 9.58. The molecule has 0 saturated carbocycles. The first kappa shape index (κ1) is 15.6. The molecule has 1 N–H and O–H groups in total. The van der Waals surface area contributed by atoms with Gasteiger partial charge in [0.15, 0.2) is 0 Å². The van der Waals surface area contributed by atoms with Crippen molar-refractivity contribution in [2.45, 2.75) is 31.7 Å². The van der Waals surface area contributed by atoms with E-state index in [9.17, 15) is 5.26 Å². The largest absolute Gasteiger partial charge is 0.367 e. The highest BCUT2D eigenvalue weighted by Crippen LogP contribution is 2.30. The first-order valence-electron chi connectivity index (χ1n) is 6.95. The smallest absolute Gasteiger partial charge is 0.126 e. The average molecular weight is 357 g/mol. The number of hydrogen-bond donors (Lipinski definition) is 1. The van der Waals surface area contributed by atoms with E-state index in [0.29, 0.717) is 5.02 Å². The van der Waals surface area contributed by atoms with E-state index < -0.39 is 5.54 Å². The Kier molecular flexibility index (Phi) is 5.31. The zero-order chi connectivity index (χ0) is 14.6. The van der Waals surface area contributed by atoms with Crippen molar-refractivity contribution in [1.29, 1.82) is 5.26 Å². The van der Waals surface area contributed by atoms with Crippen LogP contribution in [-0.4, -0.2) is 30.1 Å². The number of likely N-dealkylation sites (tertiary alicyclic amines) is 1. The normalized spacial score (nSPS) is 23.9. The van der Waals surface area contributed by atoms with Crippen LogP contribution in [0.3, 0.4) is 0 Å². The molecule has 3 nitrogen and oxygen atoms in total. The molecule has 0 aromatic heterocycles. The molecular formula is C15H19BrClN3. The molecule has 1 fully saturated rings. The van der Waals surface area contributed by atoms with Gasteiger partial charge in [0.1, 0.15) is 5.54 Å². The van der Waals surface area contributed by atoms with Crippen molar-refractivity contribution in [2.24, 2.45) is 0 Å². The highest BCUT2D eigenvalue weighted by atomic mass is 79.9. The SMILES string of the molecule is CCN1CCCC(C#N)(Nc2ccc(Cl)c(Br)c2)CC1. The van der Waals surface area contributed by atoms with E-state index in [0.717, 1.165) is 49.1 Å². The van der Waals surface area contributed by atoms with Gasteiger partial charge in [-0.25, -0.2) is 0 Å². The molecular weight excluding hydrogens is 338 g/mol. The molecule has 0 radical (unpaired) electrons. The topological polar surface area (TPSA) is 39.1 Å². The second-order valence-electron chi connectivity index (χ2n) is 5.24. The average Bonchev–Trinajstić information content (AvgIpc) is 2.66. The number of rotatable bonds is 3. The van der Waals surface area contributed by atoms with E-state index in [1.54, 1.807) is 0 Å². The molecule has 2 rings (SSSR count). The summed E-state index contributed by atoms with van der Waals surface area (Å²) in [5.74, 6) is 0. The summed E-state index contributed by atoms with van der Waals surface area (Å²) in [4.78, 5) is 2.40. The Labute approximate surface area is 134 Å². The van der Waals surface area contributed by atoms with Crippen LogP contribution >= 0.6 is 27.5 Å². The molecule has 0 bridgehead atoms. The Morgan fingerprint density at radius 1 is 1.45 bits per heavy atom. The Morgan fingerprint density at radius 3 is 2.90 bits per heavy atom. The summed E-state index contributed by atoms with van der Waals surface area (Å²) in [5.41, 5.74) is 0.463. The molecule has 1 atom stereocenters. The Hall–Kier alpha value is -0.760. The number of halogens is 2. The molecule has 20 heavy (non-hydrogen) atoms. The zero-order valence-electron chi connectivity index (χ0n) is 11.6. The van der Waals surface area contributed by atoms with Crippen LogP contribution in [0, 0.1) is 11.3 Å². The fraction of sp³-hybridized carbons (Fsp3) is 0.533. The van der Waals surface area contributed by atoms with Crippen LogP contribution in [0.15, 0.2) is 22.7 Å². The van der Waals surface area contributed by atoms with Crippen LogP contribution < -0.4 is 5.32 Å². The molecule has 0 amide bonds. The number of anilines is 1. The highest BCUT2D eigenvalue weighted by molar-refractivity contribution is 9.10. The standard InChI is InChI=1S/C15H19BrClN3/c1-2-20-8-3-6-15(11-18,7-9-20)19-12-4-5-14(17)13(16)10-12/h4-5,10,19H,2-3,6-9H2,1H3. The number of hydrogen-bond acceptors (Lipinski definition) is 3. The van der Waals surface area contributed by atoms with Gasteiger partial charge in [0, 0.05) is 16.7 Å². The van der Waals surface area contributed by atoms with E-state index in [4.69, 9.17) is 11.6 Å². The lowest BCUT2D eigenvalue weighted by Gasteiger charge is -2.28. The molecule has 108 valence electrons. The minimum absolute atomic E-state index is 0.475. The predicted molar refractivity (Wildman–Crippen MR) is 87.1 cm³/mol. The maximum absolute atomic E-state index is 9.64. The lowest BCUT2D eigenvalue weighted by atomic mass is 9.92. The molecule has 1 unspecified atom stereocenters. The van der Waals surface area contributed by atoms with Crippen LogP contribution in [-0.2, 0) is 0 Å². The van der Waals surface area contributed by atoms with E-state index >= 15 is 0 Å². The second kappa shape index (κ2) is 6.80. The predicted octanol–water partition coefficient (Wildman–Crippen LogP) is 4.28. The summed E-state index contributed by atoms with van der Waals surface area (Å²) in [5, 5.41) is 13.7. The van der Waals surface area contributed by atoms with Crippen molar-refractivity contribution in [3.05, 3.63) is 27.7 Å². The summed E-state index contributed by atoms with van der Waals surface area (Å²) in [6, 6.07) is 8.20. The van der Waals surface area contributed by atoms with Gasteiger partial charge in [0.05, 0.1) is 11.1 Å².